The standard InChI is InChI=1S/C21H22N2O2S/c1-15-10-12-18(13-11-15)25-14-6-9-19(24)22-21-23-20(16(2)26-21)17-7-4-3-5-8-17/h3-5,7-8,10-13H,6,9,14H2,1-2H3,(H,22,23,24). The van der Waals surface area contributed by atoms with Gasteiger partial charge in [-0.25, -0.2) is 4.98 Å². The molecule has 0 bridgehead atoms. The number of hydrogen-bond acceptors (Lipinski definition) is 4. The molecule has 1 aromatic heterocycles. The zero-order valence-corrected chi connectivity index (χ0v) is 15.8. The largest absolute Gasteiger partial charge is 0.494 e. The van der Waals surface area contributed by atoms with Crippen LogP contribution in [0.2, 0.25) is 0 Å². The van der Waals surface area contributed by atoms with Crippen molar-refractivity contribution in [2.75, 3.05) is 11.9 Å². The summed E-state index contributed by atoms with van der Waals surface area (Å²) in [6.07, 6.45) is 1.07. The average Bonchev–Trinajstić information content (AvgIpc) is 3.01. The van der Waals surface area contributed by atoms with E-state index in [-0.39, 0.29) is 5.91 Å². The summed E-state index contributed by atoms with van der Waals surface area (Å²) < 4.78 is 5.65. The van der Waals surface area contributed by atoms with E-state index in [0.717, 1.165) is 21.9 Å². The van der Waals surface area contributed by atoms with Gasteiger partial charge in [0.1, 0.15) is 5.75 Å². The Kier molecular flexibility index (Phi) is 6.02. The molecule has 0 unspecified atom stereocenters. The molecular formula is C21H22N2O2S. The van der Waals surface area contributed by atoms with Gasteiger partial charge in [0.2, 0.25) is 5.91 Å². The minimum absolute atomic E-state index is 0.0362. The van der Waals surface area contributed by atoms with Gasteiger partial charge in [-0.1, -0.05) is 48.0 Å². The Morgan fingerprint density at radius 2 is 1.81 bits per heavy atom. The van der Waals surface area contributed by atoms with Gasteiger partial charge in [-0.3, -0.25) is 4.79 Å². The third-order valence-electron chi connectivity index (χ3n) is 3.93. The van der Waals surface area contributed by atoms with E-state index in [9.17, 15) is 4.79 Å². The van der Waals surface area contributed by atoms with Crippen LogP contribution in [0.15, 0.2) is 54.6 Å². The molecule has 5 heteroatoms. The molecule has 2 aromatic carbocycles. The van der Waals surface area contributed by atoms with Crippen LogP contribution in [0.25, 0.3) is 11.3 Å². The quantitative estimate of drug-likeness (QED) is 0.583. The first-order valence-electron chi connectivity index (χ1n) is 8.64. The molecule has 1 heterocycles. The van der Waals surface area contributed by atoms with Crippen molar-refractivity contribution in [1.82, 2.24) is 4.98 Å². The number of thiazole rings is 1. The Balaban J connectivity index is 1.47. The van der Waals surface area contributed by atoms with Gasteiger partial charge < -0.3 is 10.1 Å². The molecular weight excluding hydrogens is 344 g/mol. The monoisotopic (exact) mass is 366 g/mol. The van der Waals surface area contributed by atoms with Gasteiger partial charge in [-0.15, -0.1) is 11.3 Å². The Morgan fingerprint density at radius 3 is 2.54 bits per heavy atom. The lowest BCUT2D eigenvalue weighted by atomic mass is 10.1. The minimum atomic E-state index is -0.0362. The summed E-state index contributed by atoms with van der Waals surface area (Å²) in [6, 6.07) is 17.9. The minimum Gasteiger partial charge on any atom is -0.494 e. The van der Waals surface area contributed by atoms with Crippen molar-refractivity contribution in [3.63, 3.8) is 0 Å². The van der Waals surface area contributed by atoms with Crippen molar-refractivity contribution in [2.24, 2.45) is 0 Å². The second-order valence-electron chi connectivity index (χ2n) is 6.10. The number of anilines is 1. The Bertz CT molecular complexity index is 857. The molecule has 134 valence electrons. The number of aromatic nitrogens is 1. The Hall–Kier alpha value is -2.66. The van der Waals surface area contributed by atoms with Crippen LogP contribution in [0.4, 0.5) is 5.13 Å². The fourth-order valence-corrected chi connectivity index (χ4v) is 3.40. The number of ether oxygens (including phenoxy) is 1. The van der Waals surface area contributed by atoms with Crippen LogP contribution in [-0.2, 0) is 4.79 Å². The molecule has 0 aliphatic carbocycles. The number of amides is 1. The number of hydrogen-bond donors (Lipinski definition) is 1. The summed E-state index contributed by atoms with van der Waals surface area (Å²) in [5, 5.41) is 3.54. The maximum Gasteiger partial charge on any atom is 0.226 e. The molecule has 0 spiro atoms. The lowest BCUT2D eigenvalue weighted by molar-refractivity contribution is -0.116. The highest BCUT2D eigenvalue weighted by atomic mass is 32.1. The van der Waals surface area contributed by atoms with E-state index in [1.807, 2.05) is 68.4 Å². The van der Waals surface area contributed by atoms with Crippen molar-refractivity contribution in [3.05, 3.63) is 65.0 Å². The molecule has 0 aliphatic rings. The van der Waals surface area contributed by atoms with E-state index in [4.69, 9.17) is 4.74 Å². The normalized spacial score (nSPS) is 10.5. The third kappa shape index (κ3) is 4.92. The number of nitrogens with one attached hydrogen (secondary N) is 1. The number of benzene rings is 2. The van der Waals surface area contributed by atoms with Crippen molar-refractivity contribution in [2.45, 2.75) is 26.7 Å². The topological polar surface area (TPSA) is 51.2 Å². The third-order valence-corrected chi connectivity index (χ3v) is 4.81. The van der Waals surface area contributed by atoms with Crippen LogP contribution in [0.5, 0.6) is 5.75 Å². The fourth-order valence-electron chi connectivity index (χ4n) is 2.55. The van der Waals surface area contributed by atoms with Crippen molar-refractivity contribution in [1.29, 1.82) is 0 Å². The summed E-state index contributed by atoms with van der Waals surface area (Å²) in [7, 11) is 0. The molecule has 0 aliphatic heterocycles. The Labute approximate surface area is 157 Å². The highest BCUT2D eigenvalue weighted by Crippen LogP contribution is 2.30. The van der Waals surface area contributed by atoms with Crippen LogP contribution in [0.3, 0.4) is 0 Å². The smallest absolute Gasteiger partial charge is 0.226 e. The van der Waals surface area contributed by atoms with Gasteiger partial charge in [0.15, 0.2) is 5.13 Å². The van der Waals surface area contributed by atoms with E-state index in [1.165, 1.54) is 16.9 Å². The van der Waals surface area contributed by atoms with Crippen LogP contribution in [0, 0.1) is 13.8 Å². The summed E-state index contributed by atoms with van der Waals surface area (Å²) in [5.74, 6) is 0.796. The number of nitrogens with zero attached hydrogens (tertiary/aromatic N) is 1. The van der Waals surface area contributed by atoms with Gasteiger partial charge in [0.05, 0.1) is 12.3 Å². The highest BCUT2D eigenvalue weighted by Gasteiger charge is 2.11. The predicted octanol–water partition coefficient (Wildman–Crippen LogP) is 5.22. The zero-order valence-electron chi connectivity index (χ0n) is 15.0. The molecule has 4 nitrogen and oxygen atoms in total. The number of aryl methyl sites for hydroxylation is 2. The highest BCUT2D eigenvalue weighted by molar-refractivity contribution is 7.16. The maximum absolute atomic E-state index is 12.1. The number of rotatable bonds is 7. The van der Waals surface area contributed by atoms with Crippen LogP contribution in [-0.4, -0.2) is 17.5 Å². The van der Waals surface area contributed by atoms with E-state index >= 15 is 0 Å². The van der Waals surface area contributed by atoms with Crippen molar-refractivity contribution in [3.8, 4) is 17.0 Å². The first-order valence-corrected chi connectivity index (χ1v) is 9.45. The summed E-state index contributed by atoms with van der Waals surface area (Å²) in [4.78, 5) is 17.8. The van der Waals surface area contributed by atoms with Crippen molar-refractivity contribution >= 4 is 22.4 Å². The number of carbonyl (C=O) groups is 1. The zero-order chi connectivity index (χ0) is 18.4. The van der Waals surface area contributed by atoms with E-state index in [0.29, 0.717) is 24.6 Å². The molecule has 0 fully saturated rings. The molecule has 0 atom stereocenters. The molecule has 0 radical (unpaired) electrons. The van der Waals surface area contributed by atoms with E-state index < -0.39 is 0 Å². The lowest BCUT2D eigenvalue weighted by Crippen LogP contribution is -2.12. The average molecular weight is 366 g/mol. The lowest BCUT2D eigenvalue weighted by Gasteiger charge is -2.06. The Morgan fingerprint density at radius 1 is 1.08 bits per heavy atom. The maximum atomic E-state index is 12.1. The molecule has 3 rings (SSSR count). The SMILES string of the molecule is Cc1ccc(OCCCC(=O)Nc2nc(-c3ccccc3)c(C)s2)cc1. The summed E-state index contributed by atoms with van der Waals surface area (Å²) in [5.41, 5.74) is 3.19. The summed E-state index contributed by atoms with van der Waals surface area (Å²) in [6.45, 7) is 4.57. The molecule has 0 saturated carbocycles. The van der Waals surface area contributed by atoms with E-state index in [1.54, 1.807) is 0 Å². The van der Waals surface area contributed by atoms with Gasteiger partial charge in [0, 0.05) is 16.9 Å². The second-order valence-corrected chi connectivity index (χ2v) is 7.31. The van der Waals surface area contributed by atoms with Gasteiger partial charge in [0.25, 0.3) is 0 Å². The number of carbonyl (C=O) groups excluding carboxylic acids is 1. The van der Waals surface area contributed by atoms with Crippen LogP contribution < -0.4 is 10.1 Å². The van der Waals surface area contributed by atoms with E-state index in [2.05, 4.69) is 10.3 Å². The summed E-state index contributed by atoms with van der Waals surface area (Å²) >= 11 is 1.50. The van der Waals surface area contributed by atoms with Gasteiger partial charge in [-0.05, 0) is 32.4 Å². The van der Waals surface area contributed by atoms with Gasteiger partial charge >= 0.3 is 0 Å². The fraction of sp³-hybridized carbons (Fsp3) is 0.238. The molecule has 1 N–H and O–H groups in total. The van der Waals surface area contributed by atoms with Gasteiger partial charge in [-0.2, -0.15) is 0 Å². The van der Waals surface area contributed by atoms with Crippen LogP contribution in [0.1, 0.15) is 23.3 Å². The second kappa shape index (κ2) is 8.63. The first kappa shape index (κ1) is 18.1. The van der Waals surface area contributed by atoms with Crippen molar-refractivity contribution < 1.29 is 9.53 Å². The van der Waals surface area contributed by atoms with Crippen LogP contribution >= 0.6 is 11.3 Å². The molecule has 1 amide bonds. The molecule has 3 aromatic rings. The predicted molar refractivity (Wildman–Crippen MR) is 107 cm³/mol. The molecule has 26 heavy (non-hydrogen) atoms. The first-order chi connectivity index (χ1) is 12.6. The molecule has 0 saturated heterocycles.